The Morgan fingerprint density at radius 3 is 2.29 bits per heavy atom. The van der Waals surface area contributed by atoms with Gasteiger partial charge in [-0.1, -0.05) is 41.4 Å². The van der Waals surface area contributed by atoms with Gasteiger partial charge in [0.25, 0.3) is 0 Å². The van der Waals surface area contributed by atoms with Crippen molar-refractivity contribution in [2.75, 3.05) is 6.26 Å². The summed E-state index contributed by atoms with van der Waals surface area (Å²) in [5, 5.41) is 3.83. The lowest BCUT2D eigenvalue weighted by molar-refractivity contribution is -0.121. The Hall–Kier alpha value is -1.56. The standard InChI is InChI=1S/C17H17Cl2NO3S/c1-11(12-4-7-15(8-5-12)24(2,22)23)20-17(21)9-13-3-6-14(18)10-16(13)19/h3-8,10-11H,9H2,1-2H3,(H,20,21). The van der Waals surface area contributed by atoms with E-state index < -0.39 is 9.84 Å². The molecule has 128 valence electrons. The number of rotatable bonds is 5. The molecular weight excluding hydrogens is 369 g/mol. The minimum Gasteiger partial charge on any atom is -0.349 e. The van der Waals surface area contributed by atoms with E-state index in [4.69, 9.17) is 23.2 Å². The number of carbonyl (C=O) groups is 1. The van der Waals surface area contributed by atoms with E-state index in [0.717, 1.165) is 11.8 Å². The molecule has 0 radical (unpaired) electrons. The van der Waals surface area contributed by atoms with Gasteiger partial charge in [0, 0.05) is 16.3 Å². The summed E-state index contributed by atoms with van der Waals surface area (Å²) in [6.07, 6.45) is 1.30. The molecule has 24 heavy (non-hydrogen) atoms. The molecule has 4 nitrogen and oxygen atoms in total. The minimum absolute atomic E-state index is 0.141. The second-order valence-electron chi connectivity index (χ2n) is 5.54. The summed E-state index contributed by atoms with van der Waals surface area (Å²) >= 11 is 11.9. The molecule has 2 rings (SSSR count). The third-order valence-electron chi connectivity index (χ3n) is 3.55. The molecule has 0 aliphatic carbocycles. The van der Waals surface area contributed by atoms with Gasteiger partial charge in [0.1, 0.15) is 0 Å². The maximum Gasteiger partial charge on any atom is 0.224 e. The highest BCUT2D eigenvalue weighted by molar-refractivity contribution is 7.90. The Bertz CT molecular complexity index is 849. The van der Waals surface area contributed by atoms with Crippen LogP contribution in [0.2, 0.25) is 10.0 Å². The summed E-state index contributed by atoms with van der Waals surface area (Å²) in [4.78, 5) is 12.4. The average Bonchev–Trinajstić information content (AvgIpc) is 2.49. The van der Waals surface area contributed by atoms with Crippen molar-refractivity contribution < 1.29 is 13.2 Å². The molecule has 7 heteroatoms. The Kier molecular flexibility index (Phi) is 5.91. The van der Waals surface area contributed by atoms with Crippen LogP contribution in [-0.4, -0.2) is 20.6 Å². The van der Waals surface area contributed by atoms with E-state index in [2.05, 4.69) is 5.32 Å². The number of hydrogen-bond acceptors (Lipinski definition) is 3. The molecule has 0 bridgehead atoms. The zero-order valence-electron chi connectivity index (χ0n) is 13.2. The fraction of sp³-hybridized carbons (Fsp3) is 0.235. The predicted molar refractivity (Wildman–Crippen MR) is 96.3 cm³/mol. The van der Waals surface area contributed by atoms with Crippen LogP contribution in [-0.2, 0) is 21.1 Å². The van der Waals surface area contributed by atoms with E-state index >= 15 is 0 Å². The maximum atomic E-state index is 12.2. The maximum absolute atomic E-state index is 12.2. The van der Waals surface area contributed by atoms with Crippen LogP contribution < -0.4 is 5.32 Å². The molecule has 0 aliphatic rings. The molecule has 2 aromatic rings. The molecule has 0 fully saturated rings. The van der Waals surface area contributed by atoms with Crippen molar-refractivity contribution in [3.8, 4) is 0 Å². The second kappa shape index (κ2) is 7.55. The number of hydrogen-bond donors (Lipinski definition) is 1. The molecule has 1 amide bonds. The van der Waals surface area contributed by atoms with Gasteiger partial charge in [-0.15, -0.1) is 0 Å². The number of amides is 1. The zero-order valence-corrected chi connectivity index (χ0v) is 15.5. The van der Waals surface area contributed by atoms with E-state index in [1.54, 1.807) is 30.3 Å². The van der Waals surface area contributed by atoms with Crippen molar-refractivity contribution in [2.24, 2.45) is 0 Å². The topological polar surface area (TPSA) is 63.2 Å². The van der Waals surface area contributed by atoms with Gasteiger partial charge in [-0.2, -0.15) is 0 Å². The molecule has 0 aromatic heterocycles. The van der Waals surface area contributed by atoms with Crippen LogP contribution in [0, 0.1) is 0 Å². The number of benzene rings is 2. The number of nitrogens with one attached hydrogen (secondary N) is 1. The molecule has 1 unspecified atom stereocenters. The summed E-state index contributed by atoms with van der Waals surface area (Å²) in [5.41, 5.74) is 1.51. The Morgan fingerprint density at radius 1 is 1.12 bits per heavy atom. The van der Waals surface area contributed by atoms with Gasteiger partial charge >= 0.3 is 0 Å². The van der Waals surface area contributed by atoms with Crippen molar-refractivity contribution in [3.05, 3.63) is 63.6 Å². The summed E-state index contributed by atoms with van der Waals surface area (Å²) in [6, 6.07) is 11.2. The van der Waals surface area contributed by atoms with Crippen molar-refractivity contribution in [1.29, 1.82) is 0 Å². The van der Waals surface area contributed by atoms with Gasteiger partial charge in [-0.05, 0) is 42.3 Å². The van der Waals surface area contributed by atoms with Gasteiger partial charge in [-0.25, -0.2) is 8.42 Å². The van der Waals surface area contributed by atoms with Crippen LogP contribution in [0.3, 0.4) is 0 Å². The third-order valence-corrected chi connectivity index (χ3v) is 5.27. The smallest absolute Gasteiger partial charge is 0.224 e. The SMILES string of the molecule is CC(NC(=O)Cc1ccc(Cl)cc1Cl)c1ccc(S(C)(=O)=O)cc1. The lowest BCUT2D eigenvalue weighted by atomic mass is 10.1. The van der Waals surface area contributed by atoms with Gasteiger partial charge in [-0.3, -0.25) is 4.79 Å². The Labute approximate surface area is 151 Å². The van der Waals surface area contributed by atoms with Crippen molar-refractivity contribution in [3.63, 3.8) is 0 Å². The van der Waals surface area contributed by atoms with E-state index in [1.807, 2.05) is 6.92 Å². The number of halogens is 2. The Balaban J connectivity index is 2.03. The van der Waals surface area contributed by atoms with Gasteiger partial charge < -0.3 is 5.32 Å². The lowest BCUT2D eigenvalue weighted by Crippen LogP contribution is -2.28. The number of carbonyl (C=O) groups excluding carboxylic acids is 1. The molecule has 0 saturated heterocycles. The van der Waals surface area contributed by atoms with Crippen LogP contribution in [0.5, 0.6) is 0 Å². The first kappa shape index (κ1) is 18.8. The van der Waals surface area contributed by atoms with Crippen LogP contribution in [0.4, 0.5) is 0 Å². The van der Waals surface area contributed by atoms with Gasteiger partial charge in [0.05, 0.1) is 17.4 Å². The van der Waals surface area contributed by atoms with Crippen LogP contribution in [0.15, 0.2) is 47.4 Å². The summed E-state index contributed by atoms with van der Waals surface area (Å²) in [5.74, 6) is -0.182. The molecule has 2 aromatic carbocycles. The van der Waals surface area contributed by atoms with Gasteiger partial charge in [0.15, 0.2) is 9.84 Å². The quantitative estimate of drug-likeness (QED) is 0.850. The molecule has 1 N–H and O–H groups in total. The van der Waals surface area contributed by atoms with Gasteiger partial charge in [0.2, 0.25) is 5.91 Å². The molecule has 0 heterocycles. The fourth-order valence-electron chi connectivity index (χ4n) is 2.22. The molecular formula is C17H17Cl2NO3S. The van der Waals surface area contributed by atoms with Crippen molar-refractivity contribution in [1.82, 2.24) is 5.32 Å². The first-order valence-electron chi connectivity index (χ1n) is 7.20. The zero-order chi connectivity index (χ0) is 17.9. The monoisotopic (exact) mass is 385 g/mol. The third kappa shape index (κ3) is 4.97. The summed E-state index contributed by atoms with van der Waals surface area (Å²) in [6.45, 7) is 1.83. The van der Waals surface area contributed by atoms with E-state index in [1.165, 1.54) is 12.1 Å². The molecule has 0 spiro atoms. The Morgan fingerprint density at radius 2 is 1.75 bits per heavy atom. The average molecular weight is 386 g/mol. The molecule has 0 aliphatic heterocycles. The molecule has 1 atom stereocenters. The van der Waals surface area contributed by atoms with Crippen LogP contribution >= 0.6 is 23.2 Å². The van der Waals surface area contributed by atoms with Crippen molar-refractivity contribution in [2.45, 2.75) is 24.3 Å². The fourth-order valence-corrected chi connectivity index (χ4v) is 3.32. The first-order chi connectivity index (χ1) is 11.2. The normalized spacial score (nSPS) is 12.7. The number of sulfone groups is 1. The highest BCUT2D eigenvalue weighted by Crippen LogP contribution is 2.22. The van der Waals surface area contributed by atoms with Crippen LogP contribution in [0.1, 0.15) is 24.1 Å². The van der Waals surface area contributed by atoms with E-state index in [0.29, 0.717) is 15.6 Å². The van der Waals surface area contributed by atoms with E-state index in [-0.39, 0.29) is 23.3 Å². The minimum atomic E-state index is -3.23. The molecule has 0 saturated carbocycles. The summed E-state index contributed by atoms with van der Waals surface area (Å²) < 4.78 is 22.9. The lowest BCUT2D eigenvalue weighted by Gasteiger charge is -2.15. The van der Waals surface area contributed by atoms with E-state index in [9.17, 15) is 13.2 Å². The van der Waals surface area contributed by atoms with Crippen molar-refractivity contribution >= 4 is 38.9 Å². The second-order valence-corrected chi connectivity index (χ2v) is 8.40. The largest absolute Gasteiger partial charge is 0.349 e. The predicted octanol–water partition coefficient (Wildman–Crippen LogP) is 3.82. The highest BCUT2D eigenvalue weighted by Gasteiger charge is 2.13. The van der Waals surface area contributed by atoms with Crippen LogP contribution in [0.25, 0.3) is 0 Å². The summed E-state index contributed by atoms with van der Waals surface area (Å²) in [7, 11) is -3.23. The highest BCUT2D eigenvalue weighted by atomic mass is 35.5. The first-order valence-corrected chi connectivity index (χ1v) is 9.85.